The molecule has 0 amide bonds. The van der Waals surface area contributed by atoms with Gasteiger partial charge in [-0.15, -0.1) is 24.0 Å². The molecule has 0 aliphatic carbocycles. The molecule has 1 saturated heterocycles. The van der Waals surface area contributed by atoms with E-state index >= 15 is 0 Å². The van der Waals surface area contributed by atoms with Crippen LogP contribution < -0.4 is 15.4 Å². The summed E-state index contributed by atoms with van der Waals surface area (Å²) in [7, 11) is 1.77. The molecule has 2 rings (SSSR count). The highest BCUT2D eigenvalue weighted by molar-refractivity contribution is 14.0. The molecule has 2 heterocycles. The molecule has 2 N–H and O–H groups in total. The predicted molar refractivity (Wildman–Crippen MR) is 118 cm³/mol. The normalized spacial score (nSPS) is 15.1. The molecule has 7 nitrogen and oxygen atoms in total. The third kappa shape index (κ3) is 9.57. The van der Waals surface area contributed by atoms with Crippen molar-refractivity contribution in [2.75, 3.05) is 46.6 Å². The lowest BCUT2D eigenvalue weighted by molar-refractivity contribution is 0.0203. The molecule has 1 aliphatic rings. The van der Waals surface area contributed by atoms with E-state index in [1.165, 1.54) is 0 Å². The van der Waals surface area contributed by atoms with Crippen LogP contribution in [0.1, 0.15) is 31.7 Å². The first-order chi connectivity index (χ1) is 12.8. The van der Waals surface area contributed by atoms with Gasteiger partial charge in [-0.1, -0.05) is 6.07 Å². The summed E-state index contributed by atoms with van der Waals surface area (Å²) in [6.45, 7) is 7.35. The number of ether oxygens (including phenoxy) is 3. The Morgan fingerprint density at radius 2 is 2.15 bits per heavy atom. The minimum Gasteiger partial charge on any atom is -0.478 e. The van der Waals surface area contributed by atoms with E-state index in [1.807, 2.05) is 19.1 Å². The van der Waals surface area contributed by atoms with Crippen LogP contribution in [-0.4, -0.2) is 57.6 Å². The highest BCUT2D eigenvalue weighted by Crippen LogP contribution is 2.15. The fourth-order valence-corrected chi connectivity index (χ4v) is 2.77. The number of guanidine groups is 1. The molecule has 0 unspecified atom stereocenters. The maximum atomic E-state index is 5.78. The molecule has 1 fully saturated rings. The van der Waals surface area contributed by atoms with Gasteiger partial charge in [0.05, 0.1) is 6.61 Å². The summed E-state index contributed by atoms with van der Waals surface area (Å²) in [5.41, 5.74) is 1.01. The van der Waals surface area contributed by atoms with E-state index in [-0.39, 0.29) is 24.0 Å². The van der Waals surface area contributed by atoms with Crippen molar-refractivity contribution in [2.24, 2.45) is 10.9 Å². The van der Waals surface area contributed by atoms with E-state index in [0.717, 1.165) is 63.8 Å². The molecule has 0 atom stereocenters. The summed E-state index contributed by atoms with van der Waals surface area (Å²) in [5.74, 6) is 2.09. The zero-order valence-electron chi connectivity index (χ0n) is 16.4. The lowest BCUT2D eigenvalue weighted by atomic mass is 10.0. The zero-order chi connectivity index (χ0) is 18.5. The number of halogens is 1. The second-order valence-corrected chi connectivity index (χ2v) is 6.24. The number of pyridine rings is 1. The van der Waals surface area contributed by atoms with Crippen LogP contribution >= 0.6 is 24.0 Å². The van der Waals surface area contributed by atoms with Crippen LogP contribution in [0.25, 0.3) is 0 Å². The average molecular weight is 492 g/mol. The summed E-state index contributed by atoms with van der Waals surface area (Å²) in [6, 6.07) is 3.91. The molecule has 0 bridgehead atoms. The average Bonchev–Trinajstić information content (AvgIpc) is 2.69. The van der Waals surface area contributed by atoms with Crippen molar-refractivity contribution in [1.29, 1.82) is 0 Å². The van der Waals surface area contributed by atoms with Crippen LogP contribution in [0.3, 0.4) is 0 Å². The van der Waals surface area contributed by atoms with Crippen molar-refractivity contribution in [2.45, 2.75) is 32.7 Å². The van der Waals surface area contributed by atoms with Gasteiger partial charge in [0.2, 0.25) is 5.88 Å². The van der Waals surface area contributed by atoms with E-state index < -0.39 is 0 Å². The van der Waals surface area contributed by atoms with Gasteiger partial charge in [0.15, 0.2) is 5.96 Å². The molecule has 0 saturated carbocycles. The Morgan fingerprint density at radius 1 is 1.33 bits per heavy atom. The Hall–Kier alpha value is -1.13. The standard InChI is InChI=1S/C19H32N4O3.HI/c1-3-26-18-17(6-4-9-21-18)14-23-19(20-2)22-10-5-11-25-15-16-7-12-24-13-8-16;/h4,6,9,16H,3,5,7-8,10-15H2,1-2H3,(H2,20,22,23);1H. The first-order valence-corrected chi connectivity index (χ1v) is 9.50. The largest absolute Gasteiger partial charge is 0.478 e. The van der Waals surface area contributed by atoms with Gasteiger partial charge in [0.1, 0.15) is 0 Å². The van der Waals surface area contributed by atoms with Gasteiger partial charge in [0.25, 0.3) is 0 Å². The molecular weight excluding hydrogens is 459 g/mol. The van der Waals surface area contributed by atoms with Gasteiger partial charge >= 0.3 is 0 Å². The third-order valence-electron chi connectivity index (χ3n) is 4.25. The van der Waals surface area contributed by atoms with Gasteiger partial charge < -0.3 is 24.8 Å². The first kappa shape index (κ1) is 23.9. The van der Waals surface area contributed by atoms with Gasteiger partial charge in [-0.05, 0) is 38.2 Å². The fourth-order valence-electron chi connectivity index (χ4n) is 2.77. The highest BCUT2D eigenvalue weighted by Gasteiger charge is 2.13. The lowest BCUT2D eigenvalue weighted by Gasteiger charge is -2.21. The Bertz CT molecular complexity index is 539. The number of nitrogens with one attached hydrogen (secondary N) is 2. The second kappa shape index (κ2) is 14.9. The summed E-state index contributed by atoms with van der Waals surface area (Å²) < 4.78 is 16.7. The Labute approximate surface area is 179 Å². The minimum atomic E-state index is 0. The van der Waals surface area contributed by atoms with Crippen LogP contribution in [0.2, 0.25) is 0 Å². The smallest absolute Gasteiger partial charge is 0.218 e. The van der Waals surface area contributed by atoms with Crippen LogP contribution in [0.5, 0.6) is 5.88 Å². The summed E-state index contributed by atoms with van der Waals surface area (Å²) in [5, 5.41) is 6.60. The van der Waals surface area contributed by atoms with Crippen molar-refractivity contribution >= 4 is 29.9 Å². The summed E-state index contributed by atoms with van der Waals surface area (Å²) in [4.78, 5) is 8.51. The van der Waals surface area contributed by atoms with Gasteiger partial charge in [-0.25, -0.2) is 4.98 Å². The molecule has 0 aromatic carbocycles. The predicted octanol–water partition coefficient (Wildman–Crippen LogP) is 2.60. The Kier molecular flexibility index (Phi) is 13.2. The Morgan fingerprint density at radius 3 is 2.89 bits per heavy atom. The third-order valence-corrected chi connectivity index (χ3v) is 4.25. The van der Waals surface area contributed by atoms with Gasteiger partial charge in [-0.3, -0.25) is 4.99 Å². The quantitative estimate of drug-likeness (QED) is 0.226. The molecule has 8 heteroatoms. The van der Waals surface area contributed by atoms with Crippen molar-refractivity contribution in [3.63, 3.8) is 0 Å². The molecule has 0 spiro atoms. The van der Waals surface area contributed by atoms with E-state index in [4.69, 9.17) is 14.2 Å². The molecule has 154 valence electrons. The van der Waals surface area contributed by atoms with E-state index in [2.05, 4.69) is 20.6 Å². The fraction of sp³-hybridized carbons (Fsp3) is 0.684. The Balaban J connectivity index is 0.00000364. The molecule has 1 aliphatic heterocycles. The van der Waals surface area contributed by atoms with Crippen molar-refractivity contribution < 1.29 is 14.2 Å². The second-order valence-electron chi connectivity index (χ2n) is 6.24. The maximum Gasteiger partial charge on any atom is 0.218 e. The molecule has 1 aromatic heterocycles. The molecule has 1 aromatic rings. The lowest BCUT2D eigenvalue weighted by Crippen LogP contribution is -2.37. The van der Waals surface area contributed by atoms with Crippen molar-refractivity contribution in [3.05, 3.63) is 23.9 Å². The van der Waals surface area contributed by atoms with Crippen LogP contribution in [0, 0.1) is 5.92 Å². The highest BCUT2D eigenvalue weighted by atomic mass is 127. The van der Waals surface area contributed by atoms with E-state index in [0.29, 0.717) is 24.9 Å². The SMILES string of the molecule is CCOc1ncccc1CNC(=NC)NCCCOCC1CCOCC1.I. The number of aromatic nitrogens is 1. The summed E-state index contributed by atoms with van der Waals surface area (Å²) in [6.07, 6.45) is 4.92. The molecule has 0 radical (unpaired) electrons. The molecule has 27 heavy (non-hydrogen) atoms. The number of nitrogens with zero attached hydrogens (tertiary/aromatic N) is 2. The summed E-state index contributed by atoms with van der Waals surface area (Å²) >= 11 is 0. The minimum absolute atomic E-state index is 0. The number of hydrogen-bond acceptors (Lipinski definition) is 5. The maximum absolute atomic E-state index is 5.78. The first-order valence-electron chi connectivity index (χ1n) is 9.50. The van der Waals surface area contributed by atoms with Gasteiger partial charge in [-0.2, -0.15) is 0 Å². The van der Waals surface area contributed by atoms with Crippen LogP contribution in [0.4, 0.5) is 0 Å². The van der Waals surface area contributed by atoms with Crippen LogP contribution in [0.15, 0.2) is 23.3 Å². The van der Waals surface area contributed by atoms with E-state index in [9.17, 15) is 0 Å². The topological polar surface area (TPSA) is 77.0 Å². The van der Waals surface area contributed by atoms with Crippen molar-refractivity contribution in [3.8, 4) is 5.88 Å². The number of aliphatic imine (C=N–C) groups is 1. The number of hydrogen-bond donors (Lipinski definition) is 2. The number of rotatable bonds is 10. The van der Waals surface area contributed by atoms with Crippen molar-refractivity contribution in [1.82, 2.24) is 15.6 Å². The monoisotopic (exact) mass is 492 g/mol. The zero-order valence-corrected chi connectivity index (χ0v) is 18.7. The van der Waals surface area contributed by atoms with Gasteiger partial charge in [0, 0.05) is 58.3 Å². The molecular formula is C19H33IN4O3. The van der Waals surface area contributed by atoms with E-state index in [1.54, 1.807) is 13.2 Å². The van der Waals surface area contributed by atoms with Crippen LogP contribution in [-0.2, 0) is 16.0 Å².